The second kappa shape index (κ2) is 4.24. The summed E-state index contributed by atoms with van der Waals surface area (Å²) >= 11 is 0. The van der Waals surface area contributed by atoms with Crippen LogP contribution in [0.2, 0.25) is 0 Å². The molecule has 1 heterocycles. The maximum atomic E-state index is 5.76. The van der Waals surface area contributed by atoms with E-state index in [1.165, 1.54) is 0 Å². The summed E-state index contributed by atoms with van der Waals surface area (Å²) in [6.07, 6.45) is 1.84. The summed E-state index contributed by atoms with van der Waals surface area (Å²) < 4.78 is 0. The second-order valence-corrected chi connectivity index (χ2v) is 3.63. The summed E-state index contributed by atoms with van der Waals surface area (Å²) in [6, 6.07) is 14.2. The van der Waals surface area contributed by atoms with E-state index in [-0.39, 0.29) is 6.04 Å². The largest absolute Gasteiger partial charge is 0.324 e. The van der Waals surface area contributed by atoms with Crippen molar-refractivity contribution >= 4 is 0 Å². The van der Waals surface area contributed by atoms with Crippen LogP contribution in [0.4, 0.5) is 0 Å². The molecule has 2 nitrogen and oxygen atoms in total. The Morgan fingerprint density at radius 1 is 1.07 bits per heavy atom. The zero-order chi connectivity index (χ0) is 10.7. The van der Waals surface area contributed by atoms with E-state index in [0.29, 0.717) is 0 Å². The van der Waals surface area contributed by atoms with Gasteiger partial charge in [-0.05, 0) is 18.6 Å². The molecule has 0 bridgehead atoms. The molecule has 1 aromatic heterocycles. The van der Waals surface area contributed by atoms with E-state index in [2.05, 4.69) is 4.98 Å². The van der Waals surface area contributed by atoms with E-state index in [0.717, 1.165) is 16.8 Å². The molecule has 1 atom stereocenters. The number of hydrogen-bond acceptors (Lipinski definition) is 2. The maximum Gasteiger partial charge on any atom is 0.0702 e. The first-order chi connectivity index (χ1) is 7.27. The Bertz CT molecular complexity index is 418. The van der Waals surface area contributed by atoms with Crippen molar-refractivity contribution < 1.29 is 0 Å². The van der Waals surface area contributed by atoms with Gasteiger partial charge >= 0.3 is 0 Å². The summed E-state index contributed by atoms with van der Waals surface area (Å²) in [5.74, 6) is 0. The average Bonchev–Trinajstić information content (AvgIpc) is 2.30. The van der Waals surface area contributed by atoms with Crippen molar-refractivity contribution in [2.45, 2.75) is 13.0 Å². The van der Waals surface area contributed by atoms with Gasteiger partial charge in [0.25, 0.3) is 0 Å². The molecule has 0 radical (unpaired) electrons. The van der Waals surface area contributed by atoms with Crippen molar-refractivity contribution in [3.8, 4) is 11.3 Å². The molecule has 0 aliphatic rings. The Morgan fingerprint density at radius 3 is 2.33 bits per heavy atom. The summed E-state index contributed by atoms with van der Waals surface area (Å²) in [7, 11) is 0. The first-order valence-electron chi connectivity index (χ1n) is 5.04. The van der Waals surface area contributed by atoms with Gasteiger partial charge in [0.1, 0.15) is 0 Å². The number of pyridine rings is 1. The van der Waals surface area contributed by atoms with Gasteiger partial charge < -0.3 is 5.73 Å². The summed E-state index contributed by atoms with van der Waals surface area (Å²) in [5, 5.41) is 0. The summed E-state index contributed by atoms with van der Waals surface area (Å²) in [6.45, 7) is 1.96. The highest BCUT2D eigenvalue weighted by Crippen LogP contribution is 2.17. The molecule has 2 N–H and O–H groups in total. The molecule has 15 heavy (non-hydrogen) atoms. The standard InChI is InChI=1S/C13H14N2/c1-10(14)12-7-8-13(15-9-12)11-5-3-2-4-6-11/h2-10H,14H2,1H3. The fourth-order valence-electron chi connectivity index (χ4n) is 1.45. The van der Waals surface area contributed by atoms with Gasteiger partial charge in [-0.3, -0.25) is 4.98 Å². The van der Waals surface area contributed by atoms with Crippen LogP contribution in [0.25, 0.3) is 11.3 Å². The van der Waals surface area contributed by atoms with Crippen LogP contribution in [-0.4, -0.2) is 4.98 Å². The van der Waals surface area contributed by atoms with Crippen molar-refractivity contribution in [3.63, 3.8) is 0 Å². The van der Waals surface area contributed by atoms with Crippen LogP contribution in [0.5, 0.6) is 0 Å². The number of benzene rings is 1. The minimum atomic E-state index is 0.0438. The molecule has 2 rings (SSSR count). The predicted octanol–water partition coefficient (Wildman–Crippen LogP) is 2.77. The molecule has 0 aliphatic carbocycles. The van der Waals surface area contributed by atoms with Crippen LogP contribution in [0, 0.1) is 0 Å². The topological polar surface area (TPSA) is 38.9 Å². The Morgan fingerprint density at radius 2 is 1.80 bits per heavy atom. The van der Waals surface area contributed by atoms with Crippen LogP contribution in [-0.2, 0) is 0 Å². The second-order valence-electron chi connectivity index (χ2n) is 3.63. The number of nitrogens with two attached hydrogens (primary N) is 1. The highest BCUT2D eigenvalue weighted by molar-refractivity contribution is 5.58. The molecule has 0 saturated carbocycles. The lowest BCUT2D eigenvalue weighted by Gasteiger charge is -2.06. The van der Waals surface area contributed by atoms with E-state index in [4.69, 9.17) is 5.73 Å². The van der Waals surface area contributed by atoms with E-state index < -0.39 is 0 Å². The van der Waals surface area contributed by atoms with Crippen molar-refractivity contribution in [1.82, 2.24) is 4.98 Å². The molecule has 1 aromatic carbocycles. The molecular formula is C13H14N2. The van der Waals surface area contributed by atoms with Crippen LogP contribution in [0.1, 0.15) is 18.5 Å². The minimum absolute atomic E-state index is 0.0438. The predicted molar refractivity (Wildman–Crippen MR) is 62.3 cm³/mol. The van der Waals surface area contributed by atoms with Crippen molar-refractivity contribution in [2.24, 2.45) is 5.73 Å². The van der Waals surface area contributed by atoms with E-state index in [1.54, 1.807) is 0 Å². The zero-order valence-electron chi connectivity index (χ0n) is 8.72. The monoisotopic (exact) mass is 198 g/mol. The van der Waals surface area contributed by atoms with Gasteiger partial charge in [-0.15, -0.1) is 0 Å². The fourth-order valence-corrected chi connectivity index (χ4v) is 1.45. The molecule has 2 aromatic rings. The highest BCUT2D eigenvalue weighted by atomic mass is 14.7. The number of hydrogen-bond donors (Lipinski definition) is 1. The first kappa shape index (κ1) is 9.87. The molecule has 0 saturated heterocycles. The van der Waals surface area contributed by atoms with Crippen molar-refractivity contribution in [1.29, 1.82) is 0 Å². The molecule has 0 fully saturated rings. The first-order valence-corrected chi connectivity index (χ1v) is 5.04. The van der Waals surface area contributed by atoms with E-state index >= 15 is 0 Å². The molecular weight excluding hydrogens is 184 g/mol. The van der Waals surface area contributed by atoms with Crippen molar-refractivity contribution in [3.05, 3.63) is 54.2 Å². The Balaban J connectivity index is 2.32. The van der Waals surface area contributed by atoms with Crippen LogP contribution < -0.4 is 5.73 Å². The number of aromatic nitrogens is 1. The average molecular weight is 198 g/mol. The fraction of sp³-hybridized carbons (Fsp3) is 0.154. The summed E-state index contributed by atoms with van der Waals surface area (Å²) in [5.41, 5.74) is 8.95. The molecule has 1 unspecified atom stereocenters. The minimum Gasteiger partial charge on any atom is -0.324 e. The van der Waals surface area contributed by atoms with E-state index in [9.17, 15) is 0 Å². The van der Waals surface area contributed by atoms with Crippen LogP contribution in [0.15, 0.2) is 48.7 Å². The van der Waals surface area contributed by atoms with Gasteiger partial charge in [-0.2, -0.15) is 0 Å². The lowest BCUT2D eigenvalue weighted by molar-refractivity contribution is 0.812. The smallest absolute Gasteiger partial charge is 0.0702 e. The third-order valence-corrected chi connectivity index (χ3v) is 2.38. The Labute approximate surface area is 89.8 Å². The van der Waals surface area contributed by atoms with Gasteiger partial charge in [0.05, 0.1) is 5.69 Å². The van der Waals surface area contributed by atoms with Crippen LogP contribution >= 0.6 is 0 Å². The Hall–Kier alpha value is -1.67. The molecule has 0 amide bonds. The van der Waals surface area contributed by atoms with Gasteiger partial charge in [0, 0.05) is 17.8 Å². The molecule has 0 aliphatic heterocycles. The third kappa shape index (κ3) is 2.22. The highest BCUT2D eigenvalue weighted by Gasteiger charge is 2.01. The summed E-state index contributed by atoms with van der Waals surface area (Å²) in [4.78, 5) is 4.39. The van der Waals surface area contributed by atoms with Gasteiger partial charge in [-0.25, -0.2) is 0 Å². The molecule has 76 valence electrons. The lowest BCUT2D eigenvalue weighted by Crippen LogP contribution is -2.05. The maximum absolute atomic E-state index is 5.76. The van der Waals surface area contributed by atoms with Crippen LogP contribution in [0.3, 0.4) is 0 Å². The van der Waals surface area contributed by atoms with Gasteiger partial charge in [-0.1, -0.05) is 36.4 Å². The SMILES string of the molecule is CC(N)c1ccc(-c2ccccc2)nc1. The third-order valence-electron chi connectivity index (χ3n) is 2.38. The van der Waals surface area contributed by atoms with Gasteiger partial charge in [0.15, 0.2) is 0 Å². The zero-order valence-corrected chi connectivity index (χ0v) is 8.72. The van der Waals surface area contributed by atoms with Crippen molar-refractivity contribution in [2.75, 3.05) is 0 Å². The van der Waals surface area contributed by atoms with Gasteiger partial charge in [0.2, 0.25) is 0 Å². The number of nitrogens with zero attached hydrogens (tertiary/aromatic N) is 1. The number of rotatable bonds is 2. The quantitative estimate of drug-likeness (QED) is 0.805. The Kier molecular flexibility index (Phi) is 2.79. The normalized spacial score (nSPS) is 12.4. The molecule has 0 spiro atoms. The van der Waals surface area contributed by atoms with E-state index in [1.807, 2.05) is 55.6 Å². The molecule has 2 heteroatoms. The lowest BCUT2D eigenvalue weighted by atomic mass is 10.1.